The van der Waals surface area contributed by atoms with Gasteiger partial charge in [-0.05, 0) is 77.1 Å². The van der Waals surface area contributed by atoms with E-state index in [1.165, 1.54) is 24.3 Å². The quantitative estimate of drug-likeness (QED) is 0.330. The van der Waals surface area contributed by atoms with Crippen molar-refractivity contribution >= 4 is 64.2 Å². The molecule has 14 heteroatoms. The van der Waals surface area contributed by atoms with Crippen LogP contribution in [-0.2, 0) is 19.9 Å². The molecule has 0 unspecified atom stereocenters. The smallest absolute Gasteiger partial charge is 1.00 e. The normalized spacial score (nSPS) is 15.5. The number of hydrogen-bond acceptors (Lipinski definition) is 6. The first-order valence-electron chi connectivity index (χ1n) is 14.3. The maximum absolute atomic E-state index is 13.6. The molecule has 4 rings (SSSR count). The topological polar surface area (TPSA) is 96.4 Å². The van der Waals surface area contributed by atoms with Crippen LogP contribution >= 0.6 is 23.2 Å². The summed E-state index contributed by atoms with van der Waals surface area (Å²) in [6.07, 6.45) is 0.862. The predicted molar refractivity (Wildman–Crippen MR) is 177 cm³/mol. The van der Waals surface area contributed by atoms with Crippen LogP contribution in [0.5, 0.6) is 0 Å². The Kier molecular flexibility index (Phi) is 20.9. The number of halogens is 5. The fraction of sp³-hybridized carbons (Fsp3) is 0.545. The molecule has 260 valence electrons. The first-order chi connectivity index (χ1) is 20.3. The van der Waals surface area contributed by atoms with Crippen molar-refractivity contribution in [3.63, 3.8) is 0 Å². The molecule has 2 aromatic rings. The minimum Gasteiger partial charge on any atom is -1.00 e. The van der Waals surface area contributed by atoms with Gasteiger partial charge in [-0.1, -0.05) is 25.1 Å². The number of aliphatic hydroxyl groups is 1. The van der Waals surface area contributed by atoms with Crippen LogP contribution in [0.15, 0.2) is 36.4 Å². The van der Waals surface area contributed by atoms with Crippen molar-refractivity contribution in [3.05, 3.63) is 69.7 Å². The van der Waals surface area contributed by atoms with Gasteiger partial charge in [-0.2, -0.15) is 12.1 Å². The Balaban J connectivity index is 0. The molecular weight excluding hydrogens is 733 g/mol. The Bertz CT molecular complexity index is 1270. The molecule has 0 radical (unpaired) electrons. The zero-order valence-electron chi connectivity index (χ0n) is 27.1. The van der Waals surface area contributed by atoms with Crippen LogP contribution in [0.25, 0.3) is 0 Å². The van der Waals surface area contributed by atoms with E-state index in [1.54, 1.807) is 21.9 Å². The van der Waals surface area contributed by atoms with E-state index < -0.39 is 34.5 Å². The number of ketones is 1. The van der Waals surface area contributed by atoms with E-state index in [-0.39, 0.29) is 69.4 Å². The molecule has 1 N–H and O–H groups in total. The molecule has 0 spiro atoms. The van der Waals surface area contributed by atoms with Gasteiger partial charge in [-0.25, -0.2) is 14.0 Å². The van der Waals surface area contributed by atoms with Gasteiger partial charge in [0.25, 0.3) is 0 Å². The molecule has 2 aromatic carbocycles. The number of carbonyl (C=O) groups is 3. The van der Waals surface area contributed by atoms with Crippen LogP contribution in [0.1, 0.15) is 80.2 Å². The maximum Gasteiger partial charge on any atom is 2.00 e. The molecule has 0 aliphatic carbocycles. The van der Waals surface area contributed by atoms with Gasteiger partial charge in [-0.15, -0.1) is 23.7 Å². The molecule has 2 aliphatic rings. The van der Waals surface area contributed by atoms with Crippen molar-refractivity contribution in [2.75, 3.05) is 26.2 Å². The molecule has 2 fully saturated rings. The third-order valence-corrected chi connectivity index (χ3v) is 7.05. The van der Waals surface area contributed by atoms with E-state index in [0.29, 0.717) is 57.4 Å². The Morgan fingerprint density at radius 3 is 1.68 bits per heavy atom. The summed E-state index contributed by atoms with van der Waals surface area (Å²) < 4.78 is 36.2. The van der Waals surface area contributed by atoms with Gasteiger partial charge in [0.15, 0.2) is 0 Å². The summed E-state index contributed by atoms with van der Waals surface area (Å²) in [5.74, 6) is -0.749. The molecular formula is C33H45BrCl2F2MgN2O6. The van der Waals surface area contributed by atoms with Crippen LogP contribution in [0.3, 0.4) is 0 Å². The first-order valence-corrected chi connectivity index (χ1v) is 15.0. The minimum absolute atomic E-state index is 0. The molecule has 47 heavy (non-hydrogen) atoms. The molecule has 2 aliphatic heterocycles. The summed E-state index contributed by atoms with van der Waals surface area (Å²) >= 11 is 11.0. The average molecular weight is 779 g/mol. The van der Waals surface area contributed by atoms with Crippen molar-refractivity contribution in [3.8, 4) is 0 Å². The van der Waals surface area contributed by atoms with Gasteiger partial charge in [0, 0.05) is 44.8 Å². The summed E-state index contributed by atoms with van der Waals surface area (Å²) in [5.41, 5.74) is -1.68. The van der Waals surface area contributed by atoms with E-state index in [0.717, 1.165) is 0 Å². The largest absolute Gasteiger partial charge is 2.00 e. The maximum atomic E-state index is 13.6. The standard InChI is InChI=1S/C16H21ClFNO3.C10H17NO3.C6H3ClF.CH4.BrH.Mg/c1-15(2,3)22-14(20)19-8-6-16(21,7-9-19)11-4-5-12(17)13(18)10-11;1-10(2,3)14-9(13)11-6-4-8(12)5-7-11;7-5-3-1-2-4-6(5)8;;;/h4-5,10,21H,6-9H2,1-3H3;4-7H2,1-3H3;1,3-4H;1H4;1H;/q;;-1;;;+2/p-1. The summed E-state index contributed by atoms with van der Waals surface area (Å²) in [5, 5.41) is 10.9. The summed E-state index contributed by atoms with van der Waals surface area (Å²) in [6.45, 7) is 12.6. The number of benzene rings is 2. The number of hydrogen-bond donors (Lipinski definition) is 1. The first kappa shape index (κ1) is 47.4. The van der Waals surface area contributed by atoms with Crippen molar-refractivity contribution in [1.29, 1.82) is 0 Å². The Labute approximate surface area is 314 Å². The molecule has 2 saturated heterocycles. The van der Waals surface area contributed by atoms with Crippen molar-refractivity contribution in [1.82, 2.24) is 9.80 Å². The molecule has 2 amide bonds. The number of rotatable bonds is 1. The molecule has 8 nitrogen and oxygen atoms in total. The number of likely N-dealkylation sites (tertiary alicyclic amines) is 2. The Morgan fingerprint density at radius 2 is 1.30 bits per heavy atom. The van der Waals surface area contributed by atoms with E-state index in [1.807, 2.05) is 41.5 Å². The van der Waals surface area contributed by atoms with Gasteiger partial charge in [-0.3, -0.25) is 9.18 Å². The number of ether oxygens (including phenoxy) is 2. The third kappa shape index (κ3) is 17.0. The van der Waals surface area contributed by atoms with Crippen molar-refractivity contribution < 1.29 is 54.7 Å². The molecule has 0 bridgehead atoms. The van der Waals surface area contributed by atoms with Gasteiger partial charge in [0.2, 0.25) is 0 Å². The zero-order valence-corrected chi connectivity index (χ0v) is 31.6. The number of piperidine rings is 2. The van der Waals surface area contributed by atoms with Crippen LogP contribution < -0.4 is 17.0 Å². The van der Waals surface area contributed by atoms with E-state index >= 15 is 0 Å². The van der Waals surface area contributed by atoms with E-state index in [9.17, 15) is 28.3 Å². The van der Waals surface area contributed by atoms with Gasteiger partial charge in [0.1, 0.15) is 22.8 Å². The van der Waals surface area contributed by atoms with Gasteiger partial charge >= 0.3 is 35.2 Å². The second kappa shape index (κ2) is 20.7. The summed E-state index contributed by atoms with van der Waals surface area (Å²) in [6, 6.07) is 11.1. The summed E-state index contributed by atoms with van der Waals surface area (Å²) in [4.78, 5) is 37.6. The van der Waals surface area contributed by atoms with Gasteiger partial charge in [0.05, 0.1) is 10.6 Å². The van der Waals surface area contributed by atoms with Gasteiger partial charge < -0.3 is 41.4 Å². The molecule has 0 aromatic heterocycles. The fourth-order valence-corrected chi connectivity index (χ4v) is 4.35. The van der Waals surface area contributed by atoms with E-state index in [2.05, 4.69) is 6.07 Å². The van der Waals surface area contributed by atoms with Crippen molar-refractivity contribution in [2.24, 2.45) is 0 Å². The fourth-order valence-electron chi connectivity index (χ4n) is 4.12. The minimum atomic E-state index is -1.15. The monoisotopic (exact) mass is 776 g/mol. The molecule has 0 atom stereocenters. The molecule has 0 saturated carbocycles. The van der Waals surface area contributed by atoms with Crippen LogP contribution in [0.4, 0.5) is 18.4 Å². The second-order valence-electron chi connectivity index (χ2n) is 12.5. The van der Waals surface area contributed by atoms with Crippen LogP contribution in [0, 0.1) is 17.7 Å². The van der Waals surface area contributed by atoms with Crippen molar-refractivity contribution in [2.45, 2.75) is 91.5 Å². The number of carbonyl (C=O) groups excluding carboxylic acids is 3. The molecule has 2 heterocycles. The summed E-state index contributed by atoms with van der Waals surface area (Å²) in [7, 11) is 0. The predicted octanol–water partition coefficient (Wildman–Crippen LogP) is 4.82. The van der Waals surface area contributed by atoms with Crippen LogP contribution in [-0.4, -0.2) is 93.3 Å². The second-order valence-corrected chi connectivity index (χ2v) is 13.3. The zero-order chi connectivity index (χ0) is 33.3. The SMILES string of the molecule is C.CC(C)(C)OC(=O)N1CCC(=O)CC1.CC(C)(C)OC(=O)N1CCC(O)(c2ccc(Cl)c(F)c2)CC1.Fc1c[c-]ccc1Cl.[Br-].[Mg+2]. The third-order valence-electron chi connectivity index (χ3n) is 6.44. The number of Topliss-reactive ketones (excluding diaryl/α,β-unsaturated/α-hetero) is 1. The van der Waals surface area contributed by atoms with E-state index in [4.69, 9.17) is 32.7 Å². The Morgan fingerprint density at radius 1 is 0.851 bits per heavy atom. The number of nitrogens with zero attached hydrogens (tertiary/aromatic N) is 2. The average Bonchev–Trinajstić information content (AvgIpc) is 2.91. The van der Waals surface area contributed by atoms with Crippen LogP contribution in [0.2, 0.25) is 10.0 Å². The number of amides is 2. The Hall–Kier alpha value is -1.70.